The second-order valence-electron chi connectivity index (χ2n) is 5.08. The molecule has 0 aliphatic heterocycles. The van der Waals surface area contributed by atoms with Crippen LogP contribution in [0.3, 0.4) is 0 Å². The number of rotatable bonds is 5. The maximum atomic E-state index is 4.23. The molecular weight excluding hydrogens is 182 g/mol. The first-order valence-corrected chi connectivity index (χ1v) is 6.15. The minimum absolute atomic E-state index is 0.601. The molecular formula is C14H25N. The van der Waals surface area contributed by atoms with Crippen LogP contribution in [0, 0.1) is 0 Å². The van der Waals surface area contributed by atoms with E-state index in [-0.39, 0.29) is 0 Å². The number of hydrogen-bond donors (Lipinski definition) is 0. The number of nitrogens with zero attached hydrogens (tertiary/aromatic N) is 1. The molecule has 0 spiro atoms. The molecule has 1 aliphatic carbocycles. The second kappa shape index (κ2) is 5.50. The van der Waals surface area contributed by atoms with Gasteiger partial charge in [0.2, 0.25) is 0 Å². The molecule has 0 radical (unpaired) electrons. The average molecular weight is 207 g/mol. The van der Waals surface area contributed by atoms with Gasteiger partial charge in [0.1, 0.15) is 0 Å². The van der Waals surface area contributed by atoms with Crippen molar-refractivity contribution in [3.05, 3.63) is 23.8 Å². The molecule has 0 aromatic rings. The largest absolute Gasteiger partial charge is 0.294 e. The molecule has 86 valence electrons. The molecule has 0 heterocycles. The lowest BCUT2D eigenvalue weighted by atomic mass is 10.1. The minimum atomic E-state index is 0.601. The van der Waals surface area contributed by atoms with E-state index >= 15 is 0 Å². The van der Waals surface area contributed by atoms with Gasteiger partial charge in [-0.1, -0.05) is 12.7 Å². The second-order valence-corrected chi connectivity index (χ2v) is 5.08. The quantitative estimate of drug-likeness (QED) is 0.663. The summed E-state index contributed by atoms with van der Waals surface area (Å²) in [5, 5.41) is 0. The highest BCUT2D eigenvalue weighted by Gasteiger charge is 2.16. The monoisotopic (exact) mass is 207 g/mol. The fraction of sp³-hybridized carbons (Fsp3) is 0.714. The summed E-state index contributed by atoms with van der Waals surface area (Å²) in [6, 6.07) is 1.20. The highest BCUT2D eigenvalue weighted by atomic mass is 15.2. The van der Waals surface area contributed by atoms with Gasteiger partial charge in [-0.15, -0.1) is 0 Å². The maximum Gasteiger partial charge on any atom is 0.0235 e. The third kappa shape index (κ3) is 3.49. The highest BCUT2D eigenvalue weighted by Crippen LogP contribution is 2.25. The zero-order chi connectivity index (χ0) is 11.4. The van der Waals surface area contributed by atoms with E-state index in [1.165, 1.54) is 30.4 Å². The molecule has 0 saturated carbocycles. The molecule has 0 bridgehead atoms. The van der Waals surface area contributed by atoms with Crippen LogP contribution in [0.5, 0.6) is 0 Å². The average Bonchev–Trinajstić information content (AvgIpc) is 2.65. The van der Waals surface area contributed by atoms with Gasteiger partial charge in [0, 0.05) is 18.6 Å². The van der Waals surface area contributed by atoms with E-state index in [1.807, 2.05) is 0 Å². The Bertz CT molecular complexity index is 240. The fourth-order valence-corrected chi connectivity index (χ4v) is 2.28. The van der Waals surface area contributed by atoms with Crippen molar-refractivity contribution in [1.29, 1.82) is 0 Å². The van der Waals surface area contributed by atoms with Crippen LogP contribution < -0.4 is 0 Å². The fourth-order valence-electron chi connectivity index (χ4n) is 2.28. The van der Waals surface area contributed by atoms with E-state index < -0.39 is 0 Å². The van der Waals surface area contributed by atoms with E-state index in [4.69, 9.17) is 0 Å². The van der Waals surface area contributed by atoms with Crippen molar-refractivity contribution in [1.82, 2.24) is 4.90 Å². The Labute approximate surface area is 94.9 Å². The predicted octanol–water partition coefficient (Wildman–Crippen LogP) is 3.77. The summed E-state index contributed by atoms with van der Waals surface area (Å²) >= 11 is 0. The van der Waals surface area contributed by atoms with Crippen molar-refractivity contribution < 1.29 is 0 Å². The molecule has 1 aliphatic rings. The van der Waals surface area contributed by atoms with E-state index in [9.17, 15) is 0 Å². The summed E-state index contributed by atoms with van der Waals surface area (Å²) in [5.74, 6) is 0. The number of hydrogen-bond acceptors (Lipinski definition) is 1. The van der Waals surface area contributed by atoms with Gasteiger partial charge in [0.05, 0.1) is 0 Å². The zero-order valence-electron chi connectivity index (χ0n) is 10.7. The van der Waals surface area contributed by atoms with Crippen LogP contribution in [0.2, 0.25) is 0 Å². The van der Waals surface area contributed by atoms with Crippen LogP contribution >= 0.6 is 0 Å². The van der Waals surface area contributed by atoms with Crippen LogP contribution in [0.25, 0.3) is 0 Å². The molecule has 15 heavy (non-hydrogen) atoms. The lowest BCUT2D eigenvalue weighted by Gasteiger charge is -2.31. The van der Waals surface area contributed by atoms with Gasteiger partial charge in [-0.05, 0) is 58.1 Å². The normalized spacial score (nSPS) is 16.6. The first kappa shape index (κ1) is 12.5. The first-order valence-electron chi connectivity index (χ1n) is 6.15. The van der Waals surface area contributed by atoms with Gasteiger partial charge < -0.3 is 0 Å². The van der Waals surface area contributed by atoms with Crippen molar-refractivity contribution in [3.63, 3.8) is 0 Å². The van der Waals surface area contributed by atoms with Gasteiger partial charge in [-0.25, -0.2) is 0 Å². The Morgan fingerprint density at radius 1 is 1.33 bits per heavy atom. The molecule has 1 nitrogen and oxygen atoms in total. The Morgan fingerprint density at radius 2 is 1.93 bits per heavy atom. The standard InChI is InChI=1S/C14H25N/c1-11(2)15(12(3)4)10-13(5)14-8-6-7-9-14/h8,11-12H,5-7,9-10H2,1-4H3. The zero-order valence-corrected chi connectivity index (χ0v) is 10.7. The summed E-state index contributed by atoms with van der Waals surface area (Å²) < 4.78 is 0. The SMILES string of the molecule is C=C(CN(C(C)C)C(C)C)C1=CCCC1. The highest BCUT2D eigenvalue weighted by molar-refractivity contribution is 5.31. The Kier molecular flexibility index (Phi) is 4.59. The smallest absolute Gasteiger partial charge is 0.0235 e. The maximum absolute atomic E-state index is 4.23. The van der Waals surface area contributed by atoms with E-state index in [0.717, 1.165) is 6.54 Å². The molecule has 0 unspecified atom stereocenters. The summed E-state index contributed by atoms with van der Waals surface area (Å²) in [6.45, 7) is 14.3. The van der Waals surface area contributed by atoms with Crippen molar-refractivity contribution in [3.8, 4) is 0 Å². The predicted molar refractivity (Wildman–Crippen MR) is 68.1 cm³/mol. The van der Waals surface area contributed by atoms with Crippen molar-refractivity contribution >= 4 is 0 Å². The van der Waals surface area contributed by atoms with Gasteiger partial charge >= 0.3 is 0 Å². The van der Waals surface area contributed by atoms with Gasteiger partial charge in [0.15, 0.2) is 0 Å². The van der Waals surface area contributed by atoms with Crippen LogP contribution in [0.4, 0.5) is 0 Å². The molecule has 1 rings (SSSR count). The molecule has 0 N–H and O–H groups in total. The third-order valence-electron chi connectivity index (χ3n) is 3.20. The summed E-state index contributed by atoms with van der Waals surface area (Å²) in [4.78, 5) is 2.50. The summed E-state index contributed by atoms with van der Waals surface area (Å²) in [5.41, 5.74) is 2.83. The van der Waals surface area contributed by atoms with Crippen molar-refractivity contribution in [2.75, 3.05) is 6.54 Å². The molecule has 0 amide bonds. The van der Waals surface area contributed by atoms with E-state index in [1.54, 1.807) is 0 Å². The van der Waals surface area contributed by atoms with Gasteiger partial charge in [-0.3, -0.25) is 4.90 Å². The lowest BCUT2D eigenvalue weighted by Crippen LogP contribution is -2.38. The first-order chi connectivity index (χ1) is 7.02. The van der Waals surface area contributed by atoms with Crippen molar-refractivity contribution in [2.45, 2.75) is 59.0 Å². The van der Waals surface area contributed by atoms with Gasteiger partial charge in [-0.2, -0.15) is 0 Å². The van der Waals surface area contributed by atoms with Crippen LogP contribution in [-0.2, 0) is 0 Å². The molecule has 0 fully saturated rings. The van der Waals surface area contributed by atoms with Crippen molar-refractivity contribution in [2.24, 2.45) is 0 Å². The molecule has 1 heteroatoms. The summed E-state index contributed by atoms with van der Waals surface area (Å²) in [6.07, 6.45) is 6.17. The van der Waals surface area contributed by atoms with E-state index in [2.05, 4.69) is 45.2 Å². The van der Waals surface area contributed by atoms with E-state index in [0.29, 0.717) is 12.1 Å². The Hall–Kier alpha value is -0.560. The topological polar surface area (TPSA) is 3.24 Å². The minimum Gasteiger partial charge on any atom is -0.294 e. The third-order valence-corrected chi connectivity index (χ3v) is 3.20. The molecule has 0 aromatic heterocycles. The van der Waals surface area contributed by atoms with Crippen LogP contribution in [0.1, 0.15) is 47.0 Å². The Morgan fingerprint density at radius 3 is 2.33 bits per heavy atom. The van der Waals surface area contributed by atoms with Crippen LogP contribution in [0.15, 0.2) is 23.8 Å². The molecule has 0 saturated heterocycles. The summed E-state index contributed by atoms with van der Waals surface area (Å²) in [7, 11) is 0. The van der Waals surface area contributed by atoms with Crippen LogP contribution in [-0.4, -0.2) is 23.5 Å². The Balaban J connectivity index is 2.54. The molecule has 0 atom stereocenters. The molecule has 0 aromatic carbocycles. The van der Waals surface area contributed by atoms with Gasteiger partial charge in [0.25, 0.3) is 0 Å². The lowest BCUT2D eigenvalue weighted by molar-refractivity contribution is 0.192. The number of allylic oxidation sites excluding steroid dienone is 1.